The van der Waals surface area contributed by atoms with E-state index in [4.69, 9.17) is 5.73 Å². The molecular formula is C22H20F2N6. The number of aromatic amines is 2. The topological polar surface area (TPSA) is 96.3 Å². The molecule has 0 amide bonds. The van der Waals surface area contributed by atoms with E-state index in [1.807, 2.05) is 6.07 Å². The summed E-state index contributed by atoms with van der Waals surface area (Å²) in [5.74, 6) is 0.376. The van der Waals surface area contributed by atoms with E-state index in [-0.39, 0.29) is 5.82 Å². The number of H-pyrrole nitrogens is 2. The van der Waals surface area contributed by atoms with E-state index in [0.29, 0.717) is 33.8 Å². The molecule has 4 aromatic rings. The van der Waals surface area contributed by atoms with Crippen LogP contribution in [0.15, 0.2) is 36.4 Å². The van der Waals surface area contributed by atoms with E-state index in [0.717, 1.165) is 31.2 Å². The summed E-state index contributed by atoms with van der Waals surface area (Å²) in [5, 5.41) is 16.0. The molecule has 6 nitrogen and oxygen atoms in total. The average molecular weight is 406 g/mol. The molecule has 0 radical (unpaired) electrons. The highest BCUT2D eigenvalue weighted by Gasteiger charge is 2.34. The third-order valence-electron chi connectivity index (χ3n) is 5.69. The Kier molecular flexibility index (Phi) is 4.43. The van der Waals surface area contributed by atoms with Crippen LogP contribution in [0.1, 0.15) is 42.8 Å². The number of hydrogen-bond acceptors (Lipinski definition) is 4. The molecular weight excluding hydrogens is 386 g/mol. The maximum absolute atomic E-state index is 14.7. The Hall–Kier alpha value is -3.39. The first-order valence-corrected chi connectivity index (χ1v) is 9.85. The monoisotopic (exact) mass is 406 g/mol. The van der Waals surface area contributed by atoms with Gasteiger partial charge in [-0.15, -0.1) is 10.2 Å². The molecule has 8 heteroatoms. The fourth-order valence-corrected chi connectivity index (χ4v) is 3.97. The molecule has 0 aliphatic heterocycles. The number of aromatic nitrogens is 5. The molecule has 1 aliphatic carbocycles. The van der Waals surface area contributed by atoms with Crippen LogP contribution in [0.5, 0.6) is 0 Å². The lowest BCUT2D eigenvalue weighted by molar-refractivity contribution is 0.433. The molecule has 30 heavy (non-hydrogen) atoms. The van der Waals surface area contributed by atoms with Gasteiger partial charge in [-0.05, 0) is 48.7 Å². The highest BCUT2D eigenvalue weighted by molar-refractivity contribution is 5.92. The van der Waals surface area contributed by atoms with Crippen molar-refractivity contribution >= 4 is 23.1 Å². The van der Waals surface area contributed by atoms with Crippen molar-refractivity contribution in [1.82, 2.24) is 25.4 Å². The number of hydrogen-bond donors (Lipinski definition) is 3. The van der Waals surface area contributed by atoms with Crippen molar-refractivity contribution in [1.29, 1.82) is 0 Å². The fraction of sp³-hybridized carbons (Fsp3) is 0.227. The van der Waals surface area contributed by atoms with Crippen LogP contribution in [0.3, 0.4) is 0 Å². The van der Waals surface area contributed by atoms with Crippen molar-refractivity contribution < 1.29 is 8.78 Å². The summed E-state index contributed by atoms with van der Waals surface area (Å²) in [6.45, 7) is 0. The Morgan fingerprint density at radius 3 is 2.53 bits per heavy atom. The molecule has 1 saturated carbocycles. The van der Waals surface area contributed by atoms with Crippen LogP contribution in [0.4, 0.5) is 8.78 Å². The third kappa shape index (κ3) is 3.29. The molecule has 5 rings (SSSR count). The van der Waals surface area contributed by atoms with Gasteiger partial charge in [0.15, 0.2) is 11.6 Å². The molecule has 2 aromatic heterocycles. The number of halogens is 2. The summed E-state index contributed by atoms with van der Waals surface area (Å²) in [5.41, 5.74) is 8.22. The molecule has 152 valence electrons. The van der Waals surface area contributed by atoms with Gasteiger partial charge in [0.2, 0.25) is 0 Å². The minimum atomic E-state index is -0.493. The SMILES string of the molecule is NC1(c2nnc(-c3cc(F)c4[nH]nc(C=Cc5ccc(F)cc5)c4c3)[nH]2)CCCC1. The summed E-state index contributed by atoms with van der Waals surface area (Å²) in [4.78, 5) is 3.18. The Bertz CT molecular complexity index is 1230. The standard InChI is InChI=1S/C22H20F2N6/c23-15-6-3-13(4-7-15)5-8-18-16-11-14(12-17(24)19(16)28-27-18)20-26-21(30-29-20)22(25)9-1-2-10-22/h3-8,11-12H,1-2,9-10,25H2,(H,27,28)(H,26,29,30). The average Bonchev–Trinajstić information content (AvgIpc) is 3.47. The number of nitrogens with one attached hydrogen (secondary N) is 2. The maximum atomic E-state index is 14.7. The fourth-order valence-electron chi connectivity index (χ4n) is 3.97. The molecule has 2 heterocycles. The van der Waals surface area contributed by atoms with Crippen molar-refractivity contribution in [3.05, 3.63) is 65.1 Å². The first kappa shape index (κ1) is 18.6. The predicted molar refractivity (Wildman–Crippen MR) is 111 cm³/mol. The molecule has 2 aromatic carbocycles. The van der Waals surface area contributed by atoms with Gasteiger partial charge in [-0.2, -0.15) is 5.10 Å². The van der Waals surface area contributed by atoms with Gasteiger partial charge in [0.25, 0.3) is 0 Å². The van der Waals surface area contributed by atoms with Gasteiger partial charge in [0.05, 0.1) is 11.2 Å². The zero-order chi connectivity index (χ0) is 20.7. The molecule has 0 atom stereocenters. The van der Waals surface area contributed by atoms with Gasteiger partial charge in [0.1, 0.15) is 17.2 Å². The second-order valence-electron chi connectivity index (χ2n) is 7.76. The minimum absolute atomic E-state index is 0.299. The number of benzene rings is 2. The molecule has 0 bridgehead atoms. The zero-order valence-electron chi connectivity index (χ0n) is 16.1. The lowest BCUT2D eigenvalue weighted by Crippen LogP contribution is -2.34. The highest BCUT2D eigenvalue weighted by Crippen LogP contribution is 2.35. The van der Waals surface area contributed by atoms with Crippen molar-refractivity contribution in [2.45, 2.75) is 31.2 Å². The Balaban J connectivity index is 1.51. The first-order valence-electron chi connectivity index (χ1n) is 9.85. The van der Waals surface area contributed by atoms with Crippen LogP contribution < -0.4 is 5.73 Å². The Labute approximate surface area is 171 Å². The van der Waals surface area contributed by atoms with E-state index in [9.17, 15) is 8.78 Å². The maximum Gasteiger partial charge on any atom is 0.161 e. The van der Waals surface area contributed by atoms with Crippen molar-refractivity contribution in [3.63, 3.8) is 0 Å². The molecule has 0 spiro atoms. The van der Waals surface area contributed by atoms with Crippen LogP contribution in [-0.2, 0) is 5.54 Å². The van der Waals surface area contributed by atoms with Crippen molar-refractivity contribution in [3.8, 4) is 11.4 Å². The quantitative estimate of drug-likeness (QED) is 0.464. The Morgan fingerprint density at radius 1 is 1.00 bits per heavy atom. The van der Waals surface area contributed by atoms with E-state index in [2.05, 4.69) is 25.4 Å². The molecule has 0 saturated heterocycles. The van der Waals surface area contributed by atoms with Gasteiger partial charge >= 0.3 is 0 Å². The molecule has 1 aliphatic rings. The summed E-state index contributed by atoms with van der Waals surface area (Å²) < 4.78 is 27.8. The smallest absolute Gasteiger partial charge is 0.161 e. The van der Waals surface area contributed by atoms with Crippen LogP contribution in [-0.4, -0.2) is 25.4 Å². The summed E-state index contributed by atoms with van der Waals surface area (Å²) in [6.07, 6.45) is 7.39. The summed E-state index contributed by atoms with van der Waals surface area (Å²) in [7, 11) is 0. The van der Waals surface area contributed by atoms with Crippen molar-refractivity contribution in [2.24, 2.45) is 5.73 Å². The van der Waals surface area contributed by atoms with Gasteiger partial charge in [0, 0.05) is 10.9 Å². The number of nitrogens with two attached hydrogens (primary N) is 1. The number of rotatable bonds is 4. The van der Waals surface area contributed by atoms with Gasteiger partial charge in [-0.25, -0.2) is 8.78 Å². The van der Waals surface area contributed by atoms with Gasteiger partial charge < -0.3 is 10.7 Å². The van der Waals surface area contributed by atoms with Crippen LogP contribution >= 0.6 is 0 Å². The number of nitrogens with zero attached hydrogens (tertiary/aromatic N) is 3. The lowest BCUT2D eigenvalue weighted by Gasteiger charge is -2.19. The zero-order valence-corrected chi connectivity index (χ0v) is 16.1. The molecule has 1 fully saturated rings. The van der Waals surface area contributed by atoms with E-state index in [1.165, 1.54) is 18.2 Å². The highest BCUT2D eigenvalue weighted by atomic mass is 19.1. The van der Waals surface area contributed by atoms with Crippen LogP contribution in [0.25, 0.3) is 34.4 Å². The Morgan fingerprint density at radius 2 is 1.77 bits per heavy atom. The van der Waals surface area contributed by atoms with Crippen LogP contribution in [0.2, 0.25) is 0 Å². The summed E-state index contributed by atoms with van der Waals surface area (Å²) >= 11 is 0. The second kappa shape index (κ2) is 7.14. The van der Waals surface area contributed by atoms with Gasteiger partial charge in [-0.3, -0.25) is 5.10 Å². The summed E-state index contributed by atoms with van der Waals surface area (Å²) in [6, 6.07) is 9.31. The minimum Gasteiger partial charge on any atom is -0.323 e. The normalized spacial score (nSPS) is 16.1. The second-order valence-corrected chi connectivity index (χ2v) is 7.76. The first-order chi connectivity index (χ1) is 14.5. The van der Waals surface area contributed by atoms with Gasteiger partial charge in [-0.1, -0.05) is 31.1 Å². The predicted octanol–water partition coefficient (Wildman–Crippen LogP) is 4.52. The lowest BCUT2D eigenvalue weighted by atomic mass is 9.98. The van der Waals surface area contributed by atoms with E-state index >= 15 is 0 Å². The van der Waals surface area contributed by atoms with E-state index in [1.54, 1.807) is 24.3 Å². The van der Waals surface area contributed by atoms with E-state index < -0.39 is 11.4 Å². The van der Waals surface area contributed by atoms with Crippen molar-refractivity contribution in [2.75, 3.05) is 0 Å². The van der Waals surface area contributed by atoms with Crippen LogP contribution in [0, 0.1) is 11.6 Å². The molecule has 0 unspecified atom stereocenters. The third-order valence-corrected chi connectivity index (χ3v) is 5.69. The largest absolute Gasteiger partial charge is 0.323 e. The molecule has 4 N–H and O–H groups in total. The number of fused-ring (bicyclic) bond motifs is 1.